The van der Waals surface area contributed by atoms with Crippen LogP contribution in [0.1, 0.15) is 43.7 Å². The topological polar surface area (TPSA) is 78.9 Å². The molecule has 1 N–H and O–H groups in total. The highest BCUT2D eigenvalue weighted by Crippen LogP contribution is 2.22. The van der Waals surface area contributed by atoms with E-state index in [0.29, 0.717) is 24.4 Å². The second-order valence-electron chi connectivity index (χ2n) is 8.56. The predicted octanol–water partition coefficient (Wildman–Crippen LogP) is 3.54. The number of ether oxygens (including phenoxy) is 1. The first-order valence-electron chi connectivity index (χ1n) is 11.6. The molecule has 8 heteroatoms. The zero-order valence-electron chi connectivity index (χ0n) is 19.8. The van der Waals surface area contributed by atoms with Crippen LogP contribution < -0.4 is 14.4 Å². The van der Waals surface area contributed by atoms with Gasteiger partial charge in [0, 0.05) is 20.1 Å². The van der Waals surface area contributed by atoms with Crippen LogP contribution in [0.5, 0.6) is 5.75 Å². The van der Waals surface area contributed by atoms with E-state index < -0.39 is 16.1 Å². The molecule has 0 spiro atoms. The fourth-order valence-corrected chi connectivity index (χ4v) is 4.46. The predicted molar refractivity (Wildman–Crippen MR) is 132 cm³/mol. The van der Waals surface area contributed by atoms with Crippen molar-refractivity contribution in [1.29, 1.82) is 0 Å². The molecule has 3 rings (SSSR count). The van der Waals surface area contributed by atoms with E-state index in [4.69, 9.17) is 4.74 Å². The third-order valence-electron chi connectivity index (χ3n) is 6.05. The van der Waals surface area contributed by atoms with Crippen LogP contribution in [0.2, 0.25) is 0 Å². The van der Waals surface area contributed by atoms with Gasteiger partial charge in [-0.2, -0.15) is 0 Å². The SMILES string of the molecule is CCC(Oc1ccc(N(C)S(C)(=O)=O)cc1)C(=O)NCc1ccccc1CN1CCCCC1. The largest absolute Gasteiger partial charge is 0.481 e. The number of hydrogen-bond acceptors (Lipinski definition) is 5. The molecule has 0 aliphatic carbocycles. The summed E-state index contributed by atoms with van der Waals surface area (Å²) in [7, 11) is -1.83. The monoisotopic (exact) mass is 473 g/mol. The molecule has 1 saturated heterocycles. The Bertz CT molecular complexity index is 1020. The van der Waals surface area contributed by atoms with Gasteiger partial charge < -0.3 is 10.1 Å². The van der Waals surface area contributed by atoms with Gasteiger partial charge >= 0.3 is 0 Å². The number of amides is 1. The van der Waals surface area contributed by atoms with Crippen molar-refractivity contribution in [3.8, 4) is 5.75 Å². The molecule has 0 aromatic heterocycles. The van der Waals surface area contributed by atoms with Gasteiger partial charge in [0.15, 0.2) is 6.10 Å². The maximum absolute atomic E-state index is 12.8. The van der Waals surface area contributed by atoms with E-state index in [0.717, 1.165) is 31.5 Å². The average molecular weight is 474 g/mol. The molecule has 1 atom stereocenters. The molecule has 33 heavy (non-hydrogen) atoms. The second-order valence-corrected chi connectivity index (χ2v) is 10.6. The van der Waals surface area contributed by atoms with Crippen LogP contribution in [-0.4, -0.2) is 51.7 Å². The number of benzene rings is 2. The first-order valence-corrected chi connectivity index (χ1v) is 13.4. The summed E-state index contributed by atoms with van der Waals surface area (Å²) in [6.07, 6.45) is 4.85. The van der Waals surface area contributed by atoms with Crippen LogP contribution in [0.4, 0.5) is 5.69 Å². The molecule has 1 fully saturated rings. The minimum Gasteiger partial charge on any atom is -0.481 e. The standard InChI is InChI=1S/C25H35N3O4S/c1-4-24(32-23-14-12-22(13-15-23)27(2)33(3,30)31)25(29)26-18-20-10-6-7-11-21(20)19-28-16-8-5-9-17-28/h6-7,10-15,24H,4-5,8-9,16-19H2,1-3H3,(H,26,29). The fourth-order valence-electron chi connectivity index (χ4n) is 3.95. The van der Waals surface area contributed by atoms with Crippen molar-refractivity contribution >= 4 is 21.6 Å². The van der Waals surface area contributed by atoms with Gasteiger partial charge in [0.25, 0.3) is 5.91 Å². The van der Waals surface area contributed by atoms with Crippen LogP contribution in [0.25, 0.3) is 0 Å². The van der Waals surface area contributed by atoms with Crippen molar-refractivity contribution in [2.24, 2.45) is 0 Å². The number of nitrogens with zero attached hydrogens (tertiary/aromatic N) is 2. The van der Waals surface area contributed by atoms with Gasteiger partial charge in [0.1, 0.15) is 5.75 Å². The van der Waals surface area contributed by atoms with Gasteiger partial charge in [-0.3, -0.25) is 14.0 Å². The van der Waals surface area contributed by atoms with Gasteiger partial charge in [-0.25, -0.2) is 8.42 Å². The lowest BCUT2D eigenvalue weighted by Gasteiger charge is -2.27. The molecule has 1 aliphatic heterocycles. The van der Waals surface area contributed by atoms with E-state index in [1.807, 2.05) is 19.1 Å². The normalized spacial score (nSPS) is 15.6. The number of piperidine rings is 1. The van der Waals surface area contributed by atoms with Crippen molar-refractivity contribution in [2.45, 2.75) is 51.8 Å². The summed E-state index contributed by atoms with van der Waals surface area (Å²) in [6, 6.07) is 15.0. The van der Waals surface area contributed by atoms with Crippen molar-refractivity contribution < 1.29 is 17.9 Å². The number of anilines is 1. The van der Waals surface area contributed by atoms with Gasteiger partial charge in [-0.1, -0.05) is 37.6 Å². The summed E-state index contributed by atoms with van der Waals surface area (Å²) in [6.45, 7) is 5.53. The van der Waals surface area contributed by atoms with Crippen LogP contribution in [-0.2, 0) is 27.9 Å². The smallest absolute Gasteiger partial charge is 0.261 e. The molecule has 1 amide bonds. The highest BCUT2D eigenvalue weighted by atomic mass is 32.2. The Morgan fingerprint density at radius 3 is 2.30 bits per heavy atom. The highest BCUT2D eigenvalue weighted by molar-refractivity contribution is 7.92. The lowest BCUT2D eigenvalue weighted by atomic mass is 10.0. The molecule has 0 saturated carbocycles. The molecule has 1 unspecified atom stereocenters. The van der Waals surface area contributed by atoms with Crippen molar-refractivity contribution in [3.63, 3.8) is 0 Å². The van der Waals surface area contributed by atoms with Crippen molar-refractivity contribution in [1.82, 2.24) is 10.2 Å². The maximum Gasteiger partial charge on any atom is 0.261 e. The average Bonchev–Trinajstić information content (AvgIpc) is 2.82. The van der Waals surface area contributed by atoms with Crippen molar-refractivity contribution in [2.75, 3.05) is 30.7 Å². The molecule has 0 bridgehead atoms. The maximum atomic E-state index is 12.8. The van der Waals surface area contributed by atoms with Crippen molar-refractivity contribution in [3.05, 3.63) is 59.7 Å². The Morgan fingerprint density at radius 2 is 1.70 bits per heavy atom. The summed E-state index contributed by atoms with van der Waals surface area (Å²) in [5.74, 6) is 0.357. The number of hydrogen-bond donors (Lipinski definition) is 1. The lowest BCUT2D eigenvalue weighted by molar-refractivity contribution is -0.128. The number of rotatable bonds is 10. The molecule has 7 nitrogen and oxygen atoms in total. The number of sulfonamides is 1. The highest BCUT2D eigenvalue weighted by Gasteiger charge is 2.20. The number of likely N-dealkylation sites (tertiary alicyclic amines) is 1. The Hall–Kier alpha value is -2.58. The number of nitrogens with one attached hydrogen (secondary N) is 1. The zero-order valence-corrected chi connectivity index (χ0v) is 20.6. The molecule has 0 radical (unpaired) electrons. The summed E-state index contributed by atoms with van der Waals surface area (Å²) >= 11 is 0. The Balaban J connectivity index is 1.58. The number of carbonyl (C=O) groups excluding carboxylic acids is 1. The molecule has 2 aromatic rings. The van der Waals surface area contributed by atoms with Crippen LogP contribution in [0.15, 0.2) is 48.5 Å². The third-order valence-corrected chi connectivity index (χ3v) is 7.26. The second kappa shape index (κ2) is 11.5. The Morgan fingerprint density at radius 1 is 1.06 bits per heavy atom. The molecule has 180 valence electrons. The molecule has 1 aliphatic rings. The van der Waals surface area contributed by atoms with E-state index in [-0.39, 0.29) is 5.91 Å². The zero-order chi connectivity index (χ0) is 23.8. The van der Waals surface area contributed by atoms with Gasteiger partial charge in [-0.05, 0) is 67.7 Å². The quantitative estimate of drug-likeness (QED) is 0.571. The Kier molecular flexibility index (Phi) is 8.74. The third kappa shape index (κ3) is 7.20. The van der Waals surface area contributed by atoms with Gasteiger partial charge in [0.05, 0.1) is 11.9 Å². The molecular formula is C25H35N3O4S. The van der Waals surface area contributed by atoms with Gasteiger partial charge in [0.2, 0.25) is 10.0 Å². The summed E-state index contributed by atoms with van der Waals surface area (Å²) in [5, 5.41) is 3.03. The summed E-state index contributed by atoms with van der Waals surface area (Å²) in [4.78, 5) is 15.3. The van der Waals surface area contributed by atoms with Crippen LogP contribution in [0, 0.1) is 0 Å². The first kappa shape index (κ1) is 25.1. The van der Waals surface area contributed by atoms with E-state index in [2.05, 4.69) is 22.3 Å². The van der Waals surface area contributed by atoms with Crippen LogP contribution >= 0.6 is 0 Å². The lowest BCUT2D eigenvalue weighted by Crippen LogP contribution is -2.38. The summed E-state index contributed by atoms with van der Waals surface area (Å²) in [5.41, 5.74) is 2.91. The molecule has 1 heterocycles. The fraction of sp³-hybridized carbons (Fsp3) is 0.480. The number of carbonyl (C=O) groups is 1. The molecular weight excluding hydrogens is 438 g/mol. The minimum atomic E-state index is -3.33. The molecule has 2 aromatic carbocycles. The van der Waals surface area contributed by atoms with E-state index >= 15 is 0 Å². The van der Waals surface area contributed by atoms with E-state index in [9.17, 15) is 13.2 Å². The summed E-state index contributed by atoms with van der Waals surface area (Å²) < 4.78 is 30.5. The minimum absolute atomic E-state index is 0.164. The van der Waals surface area contributed by atoms with Gasteiger partial charge in [-0.15, -0.1) is 0 Å². The Labute approximate surface area is 197 Å². The van der Waals surface area contributed by atoms with Crippen LogP contribution in [0.3, 0.4) is 0 Å². The van der Waals surface area contributed by atoms with E-state index in [1.165, 1.54) is 36.2 Å². The first-order chi connectivity index (χ1) is 15.8. The van der Waals surface area contributed by atoms with E-state index in [1.54, 1.807) is 24.3 Å².